The summed E-state index contributed by atoms with van der Waals surface area (Å²) >= 11 is 0. The van der Waals surface area contributed by atoms with Crippen LogP contribution in [0.3, 0.4) is 0 Å². The minimum Gasteiger partial charge on any atom is -0.427 e. The van der Waals surface area contributed by atoms with Crippen molar-refractivity contribution in [1.82, 2.24) is 9.97 Å². The number of hydrogen-bond acceptors (Lipinski definition) is 3. The number of unbranched alkanes of at least 4 members (excludes halogenated alkanes) is 14. The Balaban J connectivity index is 1.16. The molecule has 0 saturated carbocycles. The van der Waals surface area contributed by atoms with Gasteiger partial charge in [0.1, 0.15) is 5.75 Å². The zero-order valence-corrected chi connectivity index (χ0v) is 24.5. The maximum absolute atomic E-state index is 12.5. The molecule has 0 radical (unpaired) electrons. The third kappa shape index (κ3) is 7.84. The highest BCUT2D eigenvalue weighted by atomic mass is 16.5. The Hall–Kier alpha value is -2.88. The molecule has 0 fully saturated rings. The minimum absolute atomic E-state index is 0.133. The monoisotopic (exact) mass is 528 g/mol. The first-order valence-corrected chi connectivity index (χ1v) is 15.6. The minimum atomic E-state index is -0.133. The van der Waals surface area contributed by atoms with Gasteiger partial charge in [0.05, 0.1) is 5.52 Å². The van der Waals surface area contributed by atoms with Gasteiger partial charge in [-0.05, 0) is 61.0 Å². The number of carbonyl (C=O) groups excluding carboxylic acids is 1. The average molecular weight is 529 g/mol. The van der Waals surface area contributed by atoms with Crippen molar-refractivity contribution >= 4 is 38.5 Å². The molecule has 0 aliphatic rings. The highest BCUT2D eigenvalue weighted by molar-refractivity contribution is 6.16. The summed E-state index contributed by atoms with van der Waals surface area (Å²) in [6.45, 7) is 6.58. The molecule has 0 atom stereocenters. The van der Waals surface area contributed by atoms with Crippen molar-refractivity contribution in [1.29, 1.82) is 0 Å². The molecule has 0 saturated heterocycles. The third-order valence-electron chi connectivity index (χ3n) is 8.37. The molecule has 39 heavy (non-hydrogen) atoms. The predicted octanol–water partition coefficient (Wildman–Crippen LogP) is 10.7. The van der Waals surface area contributed by atoms with Crippen LogP contribution < -0.4 is 4.74 Å². The van der Waals surface area contributed by atoms with Crippen LogP contribution in [0.15, 0.2) is 36.7 Å². The van der Waals surface area contributed by atoms with E-state index < -0.39 is 0 Å². The molecule has 0 aliphatic carbocycles. The molecule has 1 N–H and O–H groups in total. The number of nitrogens with zero attached hydrogens (tertiary/aromatic N) is 1. The number of aryl methyl sites for hydroxylation is 2. The normalized spacial score (nSPS) is 11.7. The molecule has 0 bridgehead atoms. The van der Waals surface area contributed by atoms with E-state index in [1.54, 1.807) is 0 Å². The highest BCUT2D eigenvalue weighted by Crippen LogP contribution is 2.37. The highest BCUT2D eigenvalue weighted by Gasteiger charge is 2.15. The van der Waals surface area contributed by atoms with Crippen molar-refractivity contribution in [2.24, 2.45) is 0 Å². The Morgan fingerprint density at radius 2 is 1.36 bits per heavy atom. The molecular weight excluding hydrogens is 480 g/mol. The standard InChI is InChI=1S/C35H48N2O2/c1-4-5-6-7-8-9-10-11-12-13-14-15-16-17-18-19-33(38)39-28-20-21-32-30(24-28)34-26(2)31-25-36-23-22-29(31)27(3)35(34)37-32/h20-25,37H,4-19H2,1-3H3. The fourth-order valence-electron chi connectivity index (χ4n) is 6.02. The second-order valence-electron chi connectivity index (χ2n) is 11.4. The first-order valence-electron chi connectivity index (χ1n) is 15.6. The zero-order chi connectivity index (χ0) is 27.5. The van der Waals surface area contributed by atoms with Gasteiger partial charge >= 0.3 is 5.97 Å². The molecule has 210 valence electrons. The van der Waals surface area contributed by atoms with E-state index in [1.165, 1.54) is 111 Å². The van der Waals surface area contributed by atoms with Crippen LogP contribution in [0.1, 0.15) is 121 Å². The van der Waals surface area contributed by atoms with Crippen molar-refractivity contribution < 1.29 is 9.53 Å². The molecule has 4 nitrogen and oxygen atoms in total. The Labute approximate surface area is 234 Å². The van der Waals surface area contributed by atoms with Crippen molar-refractivity contribution in [3.05, 3.63) is 47.8 Å². The van der Waals surface area contributed by atoms with Crippen LogP contribution in [0.25, 0.3) is 32.6 Å². The summed E-state index contributed by atoms with van der Waals surface area (Å²) in [5, 5.41) is 4.66. The largest absolute Gasteiger partial charge is 0.427 e. The van der Waals surface area contributed by atoms with E-state index in [1.807, 2.05) is 30.6 Å². The number of hydrogen-bond donors (Lipinski definition) is 1. The van der Waals surface area contributed by atoms with Crippen molar-refractivity contribution in [3.8, 4) is 5.75 Å². The lowest BCUT2D eigenvalue weighted by atomic mass is 9.97. The van der Waals surface area contributed by atoms with Gasteiger partial charge in [0.2, 0.25) is 0 Å². The fraction of sp³-hybridized carbons (Fsp3) is 0.543. The number of aromatic nitrogens is 2. The molecule has 0 aliphatic heterocycles. The predicted molar refractivity (Wildman–Crippen MR) is 166 cm³/mol. The molecular formula is C35H48N2O2. The van der Waals surface area contributed by atoms with E-state index in [9.17, 15) is 4.79 Å². The molecule has 4 aromatic rings. The van der Waals surface area contributed by atoms with E-state index in [0.29, 0.717) is 12.2 Å². The van der Waals surface area contributed by atoms with E-state index >= 15 is 0 Å². The molecule has 0 amide bonds. The van der Waals surface area contributed by atoms with E-state index in [-0.39, 0.29) is 5.97 Å². The van der Waals surface area contributed by atoms with Crippen LogP contribution in [0.5, 0.6) is 5.75 Å². The summed E-state index contributed by atoms with van der Waals surface area (Å²) in [4.78, 5) is 20.5. The summed E-state index contributed by atoms with van der Waals surface area (Å²) in [7, 11) is 0. The Morgan fingerprint density at radius 3 is 2.00 bits per heavy atom. The Bertz CT molecular complexity index is 1350. The number of benzene rings is 2. The first-order chi connectivity index (χ1) is 19.1. The Morgan fingerprint density at radius 1 is 0.744 bits per heavy atom. The maximum Gasteiger partial charge on any atom is 0.311 e. The van der Waals surface area contributed by atoms with Crippen LogP contribution >= 0.6 is 0 Å². The summed E-state index contributed by atoms with van der Waals surface area (Å²) in [6.07, 6.45) is 24.1. The van der Waals surface area contributed by atoms with Gasteiger partial charge in [-0.3, -0.25) is 9.78 Å². The molecule has 0 spiro atoms. The van der Waals surface area contributed by atoms with Crippen molar-refractivity contribution in [3.63, 3.8) is 0 Å². The lowest BCUT2D eigenvalue weighted by molar-refractivity contribution is -0.134. The number of rotatable bonds is 17. The molecule has 4 heteroatoms. The number of pyridine rings is 1. The van der Waals surface area contributed by atoms with Gasteiger partial charge in [-0.25, -0.2) is 0 Å². The summed E-state index contributed by atoms with van der Waals surface area (Å²) in [5.41, 5.74) is 4.62. The van der Waals surface area contributed by atoms with Crippen molar-refractivity contribution in [2.45, 2.75) is 124 Å². The van der Waals surface area contributed by atoms with Gasteiger partial charge < -0.3 is 9.72 Å². The molecule has 0 unspecified atom stereocenters. The summed E-state index contributed by atoms with van der Waals surface area (Å²) in [5.74, 6) is 0.490. The number of ether oxygens (including phenoxy) is 1. The van der Waals surface area contributed by atoms with E-state index in [0.717, 1.165) is 29.3 Å². The van der Waals surface area contributed by atoms with E-state index in [2.05, 4.69) is 36.8 Å². The molecule has 2 aromatic heterocycles. The maximum atomic E-state index is 12.5. The van der Waals surface area contributed by atoms with Crippen LogP contribution in [0.2, 0.25) is 0 Å². The summed E-state index contributed by atoms with van der Waals surface area (Å²) < 4.78 is 5.75. The number of aromatic amines is 1. The summed E-state index contributed by atoms with van der Waals surface area (Å²) in [6, 6.07) is 8.00. The van der Waals surface area contributed by atoms with Gasteiger partial charge in [-0.1, -0.05) is 96.8 Å². The lowest BCUT2D eigenvalue weighted by Gasteiger charge is -2.08. The van der Waals surface area contributed by atoms with Gasteiger partial charge in [-0.15, -0.1) is 0 Å². The molecule has 2 aromatic carbocycles. The molecule has 4 rings (SSSR count). The van der Waals surface area contributed by atoms with Gasteiger partial charge in [0.15, 0.2) is 0 Å². The lowest BCUT2D eigenvalue weighted by Crippen LogP contribution is -2.07. The van der Waals surface area contributed by atoms with Crippen LogP contribution in [0, 0.1) is 13.8 Å². The average Bonchev–Trinajstić information content (AvgIpc) is 3.33. The Kier molecular flexibility index (Phi) is 11.2. The topological polar surface area (TPSA) is 55.0 Å². The molecule has 2 heterocycles. The number of nitrogens with one attached hydrogen (secondary N) is 1. The number of esters is 1. The number of H-pyrrole nitrogens is 1. The quantitative estimate of drug-likeness (QED) is 0.0842. The fourth-order valence-corrected chi connectivity index (χ4v) is 6.02. The van der Waals surface area contributed by atoms with Gasteiger partial charge in [0, 0.05) is 40.5 Å². The van der Waals surface area contributed by atoms with Crippen molar-refractivity contribution in [2.75, 3.05) is 0 Å². The number of carbonyl (C=O) groups is 1. The van der Waals surface area contributed by atoms with Crippen LogP contribution in [-0.2, 0) is 4.79 Å². The first kappa shape index (κ1) is 29.1. The zero-order valence-electron chi connectivity index (χ0n) is 24.5. The SMILES string of the molecule is CCCCCCCCCCCCCCCCCC(=O)Oc1ccc2[nH]c3c(C)c4ccncc4c(C)c3c2c1. The number of fused-ring (bicyclic) bond motifs is 4. The smallest absolute Gasteiger partial charge is 0.311 e. The van der Waals surface area contributed by atoms with Crippen LogP contribution in [0.4, 0.5) is 0 Å². The van der Waals surface area contributed by atoms with E-state index in [4.69, 9.17) is 4.74 Å². The van der Waals surface area contributed by atoms with Crippen LogP contribution in [-0.4, -0.2) is 15.9 Å². The second kappa shape index (κ2) is 15.1. The second-order valence-corrected chi connectivity index (χ2v) is 11.4. The van der Waals surface area contributed by atoms with Gasteiger partial charge in [0.25, 0.3) is 0 Å². The third-order valence-corrected chi connectivity index (χ3v) is 8.37. The van der Waals surface area contributed by atoms with Gasteiger partial charge in [-0.2, -0.15) is 0 Å².